The van der Waals surface area contributed by atoms with E-state index in [0.717, 1.165) is 45.1 Å². The summed E-state index contributed by atoms with van der Waals surface area (Å²) in [6, 6.07) is 0. The van der Waals surface area contributed by atoms with Gasteiger partial charge in [-0.2, -0.15) is 0 Å². The van der Waals surface area contributed by atoms with Gasteiger partial charge in [0, 0.05) is 40.5 Å². The van der Waals surface area contributed by atoms with Crippen LogP contribution in [0, 0.1) is 11.8 Å². The van der Waals surface area contributed by atoms with Crippen LogP contribution in [0.2, 0.25) is 0 Å². The molecule has 0 bridgehead atoms. The maximum Gasteiger partial charge on any atom is 0.410 e. The van der Waals surface area contributed by atoms with Crippen molar-refractivity contribution < 1.29 is 19.0 Å². The average molecular weight is 423 g/mol. The van der Waals surface area contributed by atoms with Gasteiger partial charge in [-0.25, -0.2) is 4.79 Å². The topological polar surface area (TPSA) is 60.0 Å². The second-order valence-corrected chi connectivity index (χ2v) is 8.71. The summed E-state index contributed by atoms with van der Waals surface area (Å²) in [5.74, 6) is 1.42. The molecule has 0 radical (unpaired) electrons. The van der Waals surface area contributed by atoms with Gasteiger partial charge < -0.3 is 24.4 Å². The molecule has 0 aromatic rings. The first kappa shape index (κ1) is 27.4. The Hall–Kier alpha value is -0.560. The number of carbonyl (C=O) groups excluding carboxylic acids is 1. The lowest BCUT2D eigenvalue weighted by Gasteiger charge is -2.34. The van der Waals surface area contributed by atoms with Gasteiger partial charge in [0.05, 0.1) is 0 Å². The van der Waals surface area contributed by atoms with Gasteiger partial charge >= 0.3 is 6.09 Å². The molecular formula is C21H43ClN2O4. The molecule has 2 aliphatic rings. The molecule has 168 valence electrons. The zero-order valence-electron chi connectivity index (χ0n) is 18.6. The molecule has 28 heavy (non-hydrogen) atoms. The van der Waals surface area contributed by atoms with Gasteiger partial charge in [0.25, 0.3) is 0 Å². The molecule has 2 fully saturated rings. The van der Waals surface area contributed by atoms with Gasteiger partial charge in [-0.05, 0) is 84.2 Å². The number of nitrogens with zero attached hydrogens (tertiary/aromatic N) is 1. The van der Waals surface area contributed by atoms with E-state index in [1.165, 1.54) is 38.8 Å². The Morgan fingerprint density at radius 1 is 1.04 bits per heavy atom. The van der Waals surface area contributed by atoms with Crippen LogP contribution in [0.1, 0.15) is 59.3 Å². The normalized spacial score (nSPS) is 22.5. The van der Waals surface area contributed by atoms with Crippen molar-refractivity contribution in [3.05, 3.63) is 0 Å². The second-order valence-electron chi connectivity index (χ2n) is 8.71. The number of piperidine rings is 2. The summed E-state index contributed by atoms with van der Waals surface area (Å²) >= 11 is 0. The Morgan fingerprint density at radius 2 is 1.64 bits per heavy atom. The van der Waals surface area contributed by atoms with Crippen LogP contribution in [0.15, 0.2) is 0 Å². The number of carbonyl (C=O) groups is 1. The lowest BCUT2D eigenvalue weighted by Crippen LogP contribution is -2.43. The van der Waals surface area contributed by atoms with Crippen molar-refractivity contribution in [3.8, 4) is 0 Å². The number of halogens is 1. The van der Waals surface area contributed by atoms with Crippen molar-refractivity contribution in [3.63, 3.8) is 0 Å². The summed E-state index contributed by atoms with van der Waals surface area (Å²) in [6.07, 6.45) is 7.04. The third-order valence-electron chi connectivity index (χ3n) is 5.03. The molecular weight excluding hydrogens is 380 g/mol. The molecule has 0 saturated carbocycles. The molecule has 0 aliphatic carbocycles. The number of likely N-dealkylation sites (tertiary alicyclic amines) is 1. The van der Waals surface area contributed by atoms with E-state index in [2.05, 4.69) is 5.32 Å². The highest BCUT2D eigenvalue weighted by Crippen LogP contribution is 2.21. The molecule has 1 N–H and O–H groups in total. The summed E-state index contributed by atoms with van der Waals surface area (Å²) in [4.78, 5) is 13.7. The minimum absolute atomic E-state index is 0. The molecule has 1 amide bonds. The zero-order chi connectivity index (χ0) is 20.1. The molecule has 2 aliphatic heterocycles. The zero-order valence-corrected chi connectivity index (χ0v) is 19.4. The smallest absolute Gasteiger partial charge is 0.410 e. The van der Waals surface area contributed by atoms with E-state index >= 15 is 0 Å². The van der Waals surface area contributed by atoms with E-state index < -0.39 is 5.60 Å². The number of amides is 1. The van der Waals surface area contributed by atoms with Gasteiger partial charge in [0.1, 0.15) is 5.60 Å². The van der Waals surface area contributed by atoms with Crippen molar-refractivity contribution >= 4 is 18.5 Å². The lowest BCUT2D eigenvalue weighted by molar-refractivity contribution is 0.0147. The van der Waals surface area contributed by atoms with Crippen LogP contribution >= 0.6 is 12.4 Å². The Balaban J connectivity index is 0.000000567. The fraction of sp³-hybridized carbons (Fsp3) is 0.952. The molecule has 0 unspecified atom stereocenters. The first-order valence-corrected chi connectivity index (χ1v) is 10.5. The molecule has 0 aromatic carbocycles. The van der Waals surface area contributed by atoms with Crippen LogP contribution in [0.25, 0.3) is 0 Å². The number of methoxy groups -OCH3 is 2. The van der Waals surface area contributed by atoms with Crippen molar-refractivity contribution in [2.24, 2.45) is 11.8 Å². The van der Waals surface area contributed by atoms with E-state index in [-0.39, 0.29) is 18.5 Å². The summed E-state index contributed by atoms with van der Waals surface area (Å²) in [5.41, 5.74) is -0.406. The Kier molecular flexibility index (Phi) is 15.0. The molecule has 2 rings (SSSR count). The highest BCUT2D eigenvalue weighted by atomic mass is 35.5. The Morgan fingerprint density at radius 3 is 2.18 bits per heavy atom. The molecule has 6 nitrogen and oxygen atoms in total. The number of nitrogens with one attached hydrogen (secondary N) is 1. The third-order valence-corrected chi connectivity index (χ3v) is 5.03. The van der Waals surface area contributed by atoms with Gasteiger partial charge in [-0.3, -0.25) is 0 Å². The first-order chi connectivity index (χ1) is 12.9. The highest BCUT2D eigenvalue weighted by Gasteiger charge is 2.27. The van der Waals surface area contributed by atoms with Crippen LogP contribution in [0.4, 0.5) is 4.79 Å². The molecule has 0 spiro atoms. The fourth-order valence-electron chi connectivity index (χ4n) is 3.53. The number of hydrogen-bond donors (Lipinski definition) is 1. The predicted octanol–water partition coefficient (Wildman–Crippen LogP) is 4.11. The summed E-state index contributed by atoms with van der Waals surface area (Å²) in [6.45, 7) is 11.4. The van der Waals surface area contributed by atoms with Gasteiger partial charge in [-0.1, -0.05) is 0 Å². The van der Waals surface area contributed by atoms with Crippen LogP contribution in [0.5, 0.6) is 0 Å². The molecule has 2 saturated heterocycles. The second kappa shape index (κ2) is 15.3. The summed E-state index contributed by atoms with van der Waals surface area (Å²) < 4.78 is 15.5. The Bertz CT molecular complexity index is 398. The summed E-state index contributed by atoms with van der Waals surface area (Å²) in [5, 5.41) is 3.39. The number of hydrogen-bond acceptors (Lipinski definition) is 5. The van der Waals surface area contributed by atoms with Crippen molar-refractivity contribution in [1.29, 1.82) is 0 Å². The highest BCUT2D eigenvalue weighted by molar-refractivity contribution is 5.85. The SMILES string of the molecule is COCC[C@@H]1CCCN(C(=O)OC(C)(C)C)C1.COCC[C@@H]1CCCNC1.Cl. The quantitative estimate of drug-likeness (QED) is 0.697. The first-order valence-electron chi connectivity index (χ1n) is 10.5. The van der Waals surface area contributed by atoms with E-state index in [1.807, 2.05) is 25.7 Å². The summed E-state index contributed by atoms with van der Waals surface area (Å²) in [7, 11) is 3.49. The maximum atomic E-state index is 11.9. The molecule has 2 heterocycles. The number of rotatable bonds is 6. The molecule has 7 heteroatoms. The van der Waals surface area contributed by atoms with Crippen LogP contribution < -0.4 is 5.32 Å². The minimum atomic E-state index is -0.406. The van der Waals surface area contributed by atoms with Crippen LogP contribution in [0.3, 0.4) is 0 Å². The molecule has 2 atom stereocenters. The lowest BCUT2D eigenvalue weighted by atomic mass is 9.95. The van der Waals surface area contributed by atoms with Crippen LogP contribution in [-0.4, -0.2) is 70.2 Å². The van der Waals surface area contributed by atoms with E-state index in [1.54, 1.807) is 14.2 Å². The standard InChI is InChI=1S/C13H25NO3.C8H17NO.ClH/c1-13(2,3)17-12(15)14-8-5-6-11(10-14)7-9-16-4;1-10-6-4-8-3-2-5-9-7-8;/h11H,5-10H2,1-4H3;8-9H,2-7H2,1H3;1H/t11-;8-;/m00./s1. The van der Waals surface area contributed by atoms with E-state index in [4.69, 9.17) is 14.2 Å². The molecule has 0 aromatic heterocycles. The van der Waals surface area contributed by atoms with Crippen molar-refractivity contribution in [1.82, 2.24) is 10.2 Å². The maximum absolute atomic E-state index is 11.9. The monoisotopic (exact) mass is 422 g/mol. The predicted molar refractivity (Wildman–Crippen MR) is 116 cm³/mol. The number of ether oxygens (including phenoxy) is 3. The van der Waals surface area contributed by atoms with Crippen LogP contribution in [-0.2, 0) is 14.2 Å². The fourth-order valence-corrected chi connectivity index (χ4v) is 3.53. The third kappa shape index (κ3) is 12.8. The van der Waals surface area contributed by atoms with E-state index in [9.17, 15) is 4.79 Å². The minimum Gasteiger partial charge on any atom is -0.444 e. The van der Waals surface area contributed by atoms with Crippen molar-refractivity contribution in [2.75, 3.05) is 53.6 Å². The van der Waals surface area contributed by atoms with Gasteiger partial charge in [-0.15, -0.1) is 12.4 Å². The Labute approximate surface area is 178 Å². The largest absolute Gasteiger partial charge is 0.444 e. The van der Waals surface area contributed by atoms with E-state index in [0.29, 0.717) is 5.92 Å². The van der Waals surface area contributed by atoms with Crippen molar-refractivity contribution in [2.45, 2.75) is 64.9 Å². The van der Waals surface area contributed by atoms with Gasteiger partial charge in [0.15, 0.2) is 0 Å². The average Bonchev–Trinajstić information content (AvgIpc) is 2.65. The van der Waals surface area contributed by atoms with Gasteiger partial charge in [0.2, 0.25) is 0 Å².